The minimum atomic E-state index is -0.278. The Kier molecular flexibility index (Phi) is 3.93. The molecule has 1 amide bonds. The smallest absolute Gasteiger partial charge is 0.275 e. The number of rotatable bonds is 3. The van der Waals surface area contributed by atoms with Gasteiger partial charge in [0.1, 0.15) is 6.54 Å². The molecule has 1 N–H and O–H groups in total. The van der Waals surface area contributed by atoms with Gasteiger partial charge in [-0.1, -0.05) is 30.3 Å². The average molecular weight is 307 g/mol. The predicted octanol–water partition coefficient (Wildman–Crippen LogP) is 2.65. The number of nitrogens with one attached hydrogen (secondary N) is 1. The first-order valence-corrected chi connectivity index (χ1v) is 7.37. The van der Waals surface area contributed by atoms with Crippen molar-refractivity contribution in [3.05, 3.63) is 70.1 Å². The molecule has 0 bridgehead atoms. The van der Waals surface area contributed by atoms with Crippen LogP contribution in [0, 0.1) is 13.8 Å². The minimum absolute atomic E-state index is 0.113. The van der Waals surface area contributed by atoms with Gasteiger partial charge in [0, 0.05) is 11.1 Å². The Labute approximate surface area is 133 Å². The van der Waals surface area contributed by atoms with E-state index < -0.39 is 0 Å². The molecule has 0 spiro atoms. The van der Waals surface area contributed by atoms with Crippen molar-refractivity contribution in [2.24, 2.45) is 0 Å². The number of aromatic nitrogens is 2. The maximum absolute atomic E-state index is 12.4. The third-order valence-electron chi connectivity index (χ3n) is 3.65. The van der Waals surface area contributed by atoms with E-state index in [9.17, 15) is 9.59 Å². The van der Waals surface area contributed by atoms with E-state index in [1.807, 2.05) is 50.2 Å². The third-order valence-corrected chi connectivity index (χ3v) is 3.65. The van der Waals surface area contributed by atoms with Gasteiger partial charge in [0.15, 0.2) is 0 Å². The van der Waals surface area contributed by atoms with Gasteiger partial charge in [-0.2, -0.15) is 5.10 Å². The first-order chi connectivity index (χ1) is 11.0. The van der Waals surface area contributed by atoms with Crippen LogP contribution in [0.4, 0.5) is 5.69 Å². The zero-order valence-electron chi connectivity index (χ0n) is 13.0. The molecule has 3 rings (SSSR count). The van der Waals surface area contributed by atoms with Crippen molar-refractivity contribution in [2.45, 2.75) is 20.4 Å². The Morgan fingerprint density at radius 1 is 1.09 bits per heavy atom. The highest BCUT2D eigenvalue weighted by Crippen LogP contribution is 2.12. The fourth-order valence-electron chi connectivity index (χ4n) is 2.57. The lowest BCUT2D eigenvalue weighted by atomic mass is 10.1. The van der Waals surface area contributed by atoms with Crippen LogP contribution in [-0.4, -0.2) is 15.7 Å². The summed E-state index contributed by atoms with van der Waals surface area (Å²) in [6, 6.07) is 14.8. The van der Waals surface area contributed by atoms with Gasteiger partial charge in [-0.3, -0.25) is 9.59 Å². The van der Waals surface area contributed by atoms with Gasteiger partial charge in [-0.15, -0.1) is 0 Å². The SMILES string of the molecule is Cc1cccc(NC(=O)Cn2nc(C)c3ccccc3c2=O)c1. The molecule has 0 aliphatic carbocycles. The highest BCUT2D eigenvalue weighted by atomic mass is 16.2. The number of amides is 1. The molecule has 0 aliphatic heterocycles. The molecule has 1 heterocycles. The van der Waals surface area contributed by atoms with Crippen molar-refractivity contribution in [1.82, 2.24) is 9.78 Å². The summed E-state index contributed by atoms with van der Waals surface area (Å²) in [4.78, 5) is 24.6. The number of nitrogens with zero attached hydrogens (tertiary/aromatic N) is 2. The molecule has 0 fully saturated rings. The lowest BCUT2D eigenvalue weighted by Gasteiger charge is -2.09. The molecule has 23 heavy (non-hydrogen) atoms. The van der Waals surface area contributed by atoms with Crippen LogP contribution < -0.4 is 10.9 Å². The van der Waals surface area contributed by atoms with Crippen molar-refractivity contribution in [3.63, 3.8) is 0 Å². The first-order valence-electron chi connectivity index (χ1n) is 7.37. The Balaban J connectivity index is 1.88. The van der Waals surface area contributed by atoms with Gasteiger partial charge in [0.2, 0.25) is 5.91 Å². The zero-order chi connectivity index (χ0) is 16.4. The van der Waals surface area contributed by atoms with Crippen LogP contribution in [0.5, 0.6) is 0 Å². The largest absolute Gasteiger partial charge is 0.324 e. The number of benzene rings is 2. The highest BCUT2D eigenvalue weighted by Gasteiger charge is 2.11. The van der Waals surface area contributed by atoms with Gasteiger partial charge in [0.05, 0.1) is 11.1 Å². The number of carbonyl (C=O) groups is 1. The van der Waals surface area contributed by atoms with Crippen LogP contribution >= 0.6 is 0 Å². The Hall–Kier alpha value is -2.95. The Morgan fingerprint density at radius 2 is 1.83 bits per heavy atom. The molecule has 5 heteroatoms. The second kappa shape index (κ2) is 6.04. The molecule has 0 atom stereocenters. The molecule has 0 radical (unpaired) electrons. The molecule has 2 aromatic carbocycles. The molecule has 5 nitrogen and oxygen atoms in total. The second-order valence-corrected chi connectivity index (χ2v) is 5.51. The first kappa shape index (κ1) is 15.0. The Morgan fingerprint density at radius 3 is 2.57 bits per heavy atom. The number of hydrogen-bond donors (Lipinski definition) is 1. The summed E-state index contributed by atoms with van der Waals surface area (Å²) in [5, 5.41) is 8.42. The third kappa shape index (κ3) is 3.13. The molecule has 0 aliphatic rings. The second-order valence-electron chi connectivity index (χ2n) is 5.51. The fourth-order valence-corrected chi connectivity index (χ4v) is 2.57. The predicted molar refractivity (Wildman–Crippen MR) is 90.5 cm³/mol. The highest BCUT2D eigenvalue weighted by molar-refractivity contribution is 5.91. The van der Waals surface area contributed by atoms with E-state index in [2.05, 4.69) is 10.4 Å². The number of aryl methyl sites for hydroxylation is 2. The number of hydrogen-bond acceptors (Lipinski definition) is 3. The van der Waals surface area contributed by atoms with Crippen molar-refractivity contribution < 1.29 is 4.79 Å². The molecule has 3 aromatic rings. The van der Waals surface area contributed by atoms with Crippen LogP contribution in [0.2, 0.25) is 0 Å². The van der Waals surface area contributed by atoms with Crippen LogP contribution in [0.25, 0.3) is 10.8 Å². The molecule has 1 aromatic heterocycles. The molecular weight excluding hydrogens is 290 g/mol. The van der Waals surface area contributed by atoms with Crippen molar-refractivity contribution in [3.8, 4) is 0 Å². The van der Waals surface area contributed by atoms with Gasteiger partial charge in [0.25, 0.3) is 5.56 Å². The molecule has 116 valence electrons. The summed E-state index contributed by atoms with van der Waals surface area (Å²) in [5.74, 6) is -0.278. The van der Waals surface area contributed by atoms with Crippen LogP contribution in [-0.2, 0) is 11.3 Å². The minimum Gasteiger partial charge on any atom is -0.324 e. The molecule has 0 unspecified atom stereocenters. The standard InChI is InChI=1S/C18H17N3O2/c1-12-6-5-7-14(10-12)19-17(22)11-21-18(23)16-9-4-3-8-15(16)13(2)20-21/h3-10H,11H2,1-2H3,(H,19,22). The zero-order valence-corrected chi connectivity index (χ0v) is 13.0. The van der Waals surface area contributed by atoms with E-state index in [0.717, 1.165) is 16.6 Å². The summed E-state index contributed by atoms with van der Waals surface area (Å²) < 4.78 is 1.21. The maximum Gasteiger partial charge on any atom is 0.275 e. The molecular formula is C18H17N3O2. The normalized spacial score (nSPS) is 10.7. The topological polar surface area (TPSA) is 64.0 Å². The number of fused-ring (bicyclic) bond motifs is 1. The van der Waals surface area contributed by atoms with Gasteiger partial charge in [-0.05, 0) is 37.6 Å². The van der Waals surface area contributed by atoms with E-state index in [1.54, 1.807) is 12.1 Å². The van der Waals surface area contributed by atoms with Crippen LogP contribution in [0.3, 0.4) is 0 Å². The Bertz CT molecular complexity index is 944. The summed E-state index contributed by atoms with van der Waals surface area (Å²) in [6.07, 6.45) is 0. The van der Waals surface area contributed by atoms with Crippen molar-refractivity contribution in [1.29, 1.82) is 0 Å². The van der Waals surface area contributed by atoms with E-state index in [4.69, 9.17) is 0 Å². The summed E-state index contributed by atoms with van der Waals surface area (Å²) in [7, 11) is 0. The lowest BCUT2D eigenvalue weighted by Crippen LogP contribution is -2.30. The average Bonchev–Trinajstić information content (AvgIpc) is 2.52. The lowest BCUT2D eigenvalue weighted by molar-refractivity contribution is -0.117. The van der Waals surface area contributed by atoms with Crippen molar-refractivity contribution >= 4 is 22.4 Å². The number of anilines is 1. The summed E-state index contributed by atoms with van der Waals surface area (Å²) in [6.45, 7) is 3.67. The van der Waals surface area contributed by atoms with Gasteiger partial charge >= 0.3 is 0 Å². The summed E-state index contributed by atoms with van der Waals surface area (Å²) in [5.41, 5.74) is 2.23. The summed E-state index contributed by atoms with van der Waals surface area (Å²) >= 11 is 0. The van der Waals surface area contributed by atoms with E-state index in [0.29, 0.717) is 11.1 Å². The van der Waals surface area contributed by atoms with Crippen LogP contribution in [0.15, 0.2) is 53.3 Å². The molecule has 0 saturated heterocycles. The van der Waals surface area contributed by atoms with Gasteiger partial charge < -0.3 is 5.32 Å². The van der Waals surface area contributed by atoms with Crippen molar-refractivity contribution in [2.75, 3.05) is 5.32 Å². The van der Waals surface area contributed by atoms with E-state index in [1.165, 1.54) is 4.68 Å². The van der Waals surface area contributed by atoms with E-state index >= 15 is 0 Å². The van der Waals surface area contributed by atoms with Crippen LogP contribution in [0.1, 0.15) is 11.3 Å². The van der Waals surface area contributed by atoms with E-state index in [-0.39, 0.29) is 18.0 Å². The maximum atomic E-state index is 12.4. The van der Waals surface area contributed by atoms with Gasteiger partial charge in [-0.25, -0.2) is 4.68 Å². The quantitative estimate of drug-likeness (QED) is 0.809. The molecule has 0 saturated carbocycles. The number of carbonyl (C=O) groups excluding carboxylic acids is 1. The fraction of sp³-hybridized carbons (Fsp3) is 0.167. The monoisotopic (exact) mass is 307 g/mol.